The number of carbonyl (C=O) groups is 2. The second kappa shape index (κ2) is 7.14. The first-order chi connectivity index (χ1) is 9.40. The first-order valence-corrected chi connectivity index (χ1v) is 6.50. The number of amides is 1. The summed E-state index contributed by atoms with van der Waals surface area (Å²) in [4.78, 5) is 23.9. The average Bonchev–Trinajstić information content (AvgIpc) is 2.42. The van der Waals surface area contributed by atoms with E-state index in [1.807, 2.05) is 13.8 Å². The summed E-state index contributed by atoms with van der Waals surface area (Å²) in [5.74, 6) is -0.643. The van der Waals surface area contributed by atoms with Gasteiger partial charge in [0, 0.05) is 5.02 Å². The maximum Gasteiger partial charge on any atom is 0.328 e. The van der Waals surface area contributed by atoms with Gasteiger partial charge in [0.1, 0.15) is 11.8 Å². The van der Waals surface area contributed by atoms with Crippen LogP contribution < -0.4 is 10.1 Å². The van der Waals surface area contributed by atoms with Crippen LogP contribution in [-0.4, -0.2) is 32.1 Å². The van der Waals surface area contributed by atoms with Crippen LogP contribution in [0.5, 0.6) is 5.75 Å². The Kier molecular flexibility index (Phi) is 5.82. The molecule has 1 amide bonds. The third-order valence-electron chi connectivity index (χ3n) is 2.82. The summed E-state index contributed by atoms with van der Waals surface area (Å²) < 4.78 is 9.79. The maximum atomic E-state index is 12.2. The third kappa shape index (κ3) is 3.87. The lowest BCUT2D eigenvalue weighted by Crippen LogP contribution is -2.45. The van der Waals surface area contributed by atoms with Crippen molar-refractivity contribution in [3.8, 4) is 5.75 Å². The molecule has 1 aromatic rings. The molecule has 110 valence electrons. The molecule has 1 unspecified atom stereocenters. The molecular weight excluding hydrogens is 282 g/mol. The molecule has 0 aliphatic heterocycles. The molecule has 0 spiro atoms. The fourth-order valence-electron chi connectivity index (χ4n) is 1.70. The number of benzene rings is 1. The van der Waals surface area contributed by atoms with Gasteiger partial charge in [0.05, 0.1) is 19.8 Å². The monoisotopic (exact) mass is 299 g/mol. The van der Waals surface area contributed by atoms with Gasteiger partial charge in [-0.1, -0.05) is 25.4 Å². The molecular formula is C14H18ClNO4. The van der Waals surface area contributed by atoms with E-state index in [0.29, 0.717) is 16.3 Å². The third-order valence-corrected chi connectivity index (χ3v) is 3.05. The molecule has 1 aromatic carbocycles. The highest BCUT2D eigenvalue weighted by molar-refractivity contribution is 6.30. The molecule has 1 atom stereocenters. The van der Waals surface area contributed by atoms with Gasteiger partial charge in [-0.15, -0.1) is 0 Å². The minimum Gasteiger partial charge on any atom is -0.496 e. The van der Waals surface area contributed by atoms with Crippen molar-refractivity contribution in [2.75, 3.05) is 14.2 Å². The zero-order chi connectivity index (χ0) is 15.3. The highest BCUT2D eigenvalue weighted by Crippen LogP contribution is 2.23. The van der Waals surface area contributed by atoms with Gasteiger partial charge in [-0.25, -0.2) is 4.79 Å². The van der Waals surface area contributed by atoms with Crippen molar-refractivity contribution in [3.63, 3.8) is 0 Å². The van der Waals surface area contributed by atoms with Gasteiger partial charge in [0.15, 0.2) is 0 Å². The van der Waals surface area contributed by atoms with Gasteiger partial charge in [-0.05, 0) is 24.1 Å². The number of hydrogen-bond donors (Lipinski definition) is 1. The van der Waals surface area contributed by atoms with E-state index in [4.69, 9.17) is 16.3 Å². The van der Waals surface area contributed by atoms with Crippen LogP contribution in [0.25, 0.3) is 0 Å². The summed E-state index contributed by atoms with van der Waals surface area (Å²) in [5.41, 5.74) is 0.312. The van der Waals surface area contributed by atoms with Gasteiger partial charge in [-0.2, -0.15) is 0 Å². The summed E-state index contributed by atoms with van der Waals surface area (Å²) in [6.07, 6.45) is 0. The number of halogens is 1. The molecule has 1 rings (SSSR count). The number of nitrogens with one attached hydrogen (secondary N) is 1. The van der Waals surface area contributed by atoms with E-state index < -0.39 is 17.9 Å². The molecule has 0 aliphatic carbocycles. The smallest absolute Gasteiger partial charge is 0.328 e. The first kappa shape index (κ1) is 16.3. The van der Waals surface area contributed by atoms with Crippen LogP contribution in [0.15, 0.2) is 18.2 Å². The van der Waals surface area contributed by atoms with Crippen LogP contribution in [0.2, 0.25) is 5.02 Å². The number of ether oxygens (including phenoxy) is 2. The molecule has 0 bridgehead atoms. The quantitative estimate of drug-likeness (QED) is 0.847. The number of carbonyl (C=O) groups excluding carboxylic acids is 2. The fourth-order valence-corrected chi connectivity index (χ4v) is 1.86. The summed E-state index contributed by atoms with van der Waals surface area (Å²) in [5, 5.41) is 3.11. The van der Waals surface area contributed by atoms with E-state index in [1.165, 1.54) is 14.2 Å². The molecule has 0 aromatic heterocycles. The van der Waals surface area contributed by atoms with E-state index in [-0.39, 0.29) is 5.92 Å². The van der Waals surface area contributed by atoms with E-state index in [9.17, 15) is 9.59 Å². The van der Waals surface area contributed by atoms with Gasteiger partial charge in [0.25, 0.3) is 5.91 Å². The Bertz CT molecular complexity index is 502. The van der Waals surface area contributed by atoms with Crippen molar-refractivity contribution in [1.82, 2.24) is 5.32 Å². The zero-order valence-electron chi connectivity index (χ0n) is 11.9. The van der Waals surface area contributed by atoms with E-state index in [2.05, 4.69) is 10.1 Å². The van der Waals surface area contributed by atoms with Crippen molar-refractivity contribution < 1.29 is 19.1 Å². The van der Waals surface area contributed by atoms with Crippen molar-refractivity contribution in [2.45, 2.75) is 19.9 Å². The Balaban J connectivity index is 2.97. The number of hydrogen-bond acceptors (Lipinski definition) is 4. The minimum absolute atomic E-state index is 0.0929. The van der Waals surface area contributed by atoms with Gasteiger partial charge < -0.3 is 14.8 Å². The van der Waals surface area contributed by atoms with E-state index >= 15 is 0 Å². The van der Waals surface area contributed by atoms with Crippen LogP contribution in [0, 0.1) is 5.92 Å². The van der Waals surface area contributed by atoms with Crippen LogP contribution in [0.3, 0.4) is 0 Å². The zero-order valence-corrected chi connectivity index (χ0v) is 12.7. The first-order valence-electron chi connectivity index (χ1n) is 6.13. The molecule has 20 heavy (non-hydrogen) atoms. The number of rotatable bonds is 5. The van der Waals surface area contributed by atoms with Crippen LogP contribution in [0.1, 0.15) is 24.2 Å². The molecule has 0 aliphatic rings. The number of methoxy groups -OCH3 is 2. The second-order valence-corrected chi connectivity index (χ2v) is 5.00. The molecule has 0 heterocycles. The van der Waals surface area contributed by atoms with E-state index in [1.54, 1.807) is 18.2 Å². The highest BCUT2D eigenvalue weighted by Gasteiger charge is 2.26. The molecule has 0 saturated heterocycles. The summed E-state index contributed by atoms with van der Waals surface area (Å²) in [6, 6.07) is 3.96. The Labute approximate surface area is 123 Å². The summed E-state index contributed by atoms with van der Waals surface area (Å²) in [6.45, 7) is 3.64. The largest absolute Gasteiger partial charge is 0.496 e. The Hall–Kier alpha value is -1.75. The lowest BCUT2D eigenvalue weighted by Gasteiger charge is -2.20. The maximum absolute atomic E-state index is 12.2. The minimum atomic E-state index is -0.715. The fraction of sp³-hybridized carbons (Fsp3) is 0.429. The Morgan fingerprint density at radius 2 is 1.90 bits per heavy atom. The topological polar surface area (TPSA) is 64.6 Å². The molecule has 5 nitrogen and oxygen atoms in total. The molecule has 1 N–H and O–H groups in total. The second-order valence-electron chi connectivity index (χ2n) is 4.56. The van der Waals surface area contributed by atoms with Gasteiger partial charge >= 0.3 is 5.97 Å². The summed E-state index contributed by atoms with van der Waals surface area (Å²) >= 11 is 5.84. The van der Waals surface area contributed by atoms with Crippen molar-refractivity contribution in [3.05, 3.63) is 28.8 Å². The Morgan fingerprint density at radius 1 is 1.25 bits per heavy atom. The van der Waals surface area contributed by atoms with Crippen molar-refractivity contribution in [2.24, 2.45) is 5.92 Å². The van der Waals surface area contributed by atoms with Gasteiger partial charge in [-0.3, -0.25) is 4.79 Å². The van der Waals surface area contributed by atoms with Crippen LogP contribution in [-0.2, 0) is 9.53 Å². The molecule has 6 heteroatoms. The lowest BCUT2D eigenvalue weighted by molar-refractivity contribution is -0.144. The highest BCUT2D eigenvalue weighted by atomic mass is 35.5. The van der Waals surface area contributed by atoms with Crippen molar-refractivity contribution in [1.29, 1.82) is 0 Å². The molecule has 0 radical (unpaired) electrons. The average molecular weight is 300 g/mol. The molecule has 0 saturated carbocycles. The standard InChI is InChI=1S/C14H18ClNO4/c1-8(2)12(14(18)20-4)16-13(17)10-6-5-9(15)7-11(10)19-3/h5-8,12H,1-4H3,(H,16,17). The predicted octanol–water partition coefficient (Wildman–Crippen LogP) is 2.28. The van der Waals surface area contributed by atoms with E-state index in [0.717, 1.165) is 0 Å². The number of esters is 1. The van der Waals surface area contributed by atoms with Crippen molar-refractivity contribution >= 4 is 23.5 Å². The summed E-state index contributed by atoms with van der Waals surface area (Å²) in [7, 11) is 2.73. The van der Waals surface area contributed by atoms with Crippen LogP contribution in [0.4, 0.5) is 0 Å². The molecule has 0 fully saturated rings. The normalized spacial score (nSPS) is 11.9. The SMILES string of the molecule is COC(=O)C(NC(=O)c1ccc(Cl)cc1OC)C(C)C. The van der Waals surface area contributed by atoms with Gasteiger partial charge in [0.2, 0.25) is 0 Å². The Morgan fingerprint density at radius 3 is 2.40 bits per heavy atom. The predicted molar refractivity (Wildman–Crippen MR) is 76.1 cm³/mol. The lowest BCUT2D eigenvalue weighted by atomic mass is 10.0. The van der Waals surface area contributed by atoms with Crippen LogP contribution >= 0.6 is 11.6 Å².